The first-order chi connectivity index (χ1) is 11.4. The van der Waals surface area contributed by atoms with Gasteiger partial charge < -0.3 is 21.7 Å². The summed E-state index contributed by atoms with van der Waals surface area (Å²) < 4.78 is 10.3. The van der Waals surface area contributed by atoms with Crippen LogP contribution >= 0.6 is 11.8 Å². The summed E-state index contributed by atoms with van der Waals surface area (Å²) in [5.74, 6) is 2.06. The van der Waals surface area contributed by atoms with Crippen LogP contribution in [0.25, 0.3) is 16.9 Å². The Labute approximate surface area is 157 Å². The third-order valence-corrected chi connectivity index (χ3v) is 5.08. The summed E-state index contributed by atoms with van der Waals surface area (Å²) in [5.41, 5.74) is 3.70. The van der Waals surface area contributed by atoms with Gasteiger partial charge in [-0.1, -0.05) is 18.2 Å². The first-order valence-electron chi connectivity index (χ1n) is 7.93. The second-order valence-electron chi connectivity index (χ2n) is 5.46. The van der Waals surface area contributed by atoms with Gasteiger partial charge in [0.2, 0.25) is 0 Å². The van der Waals surface area contributed by atoms with E-state index < -0.39 is 0 Å². The maximum Gasteiger partial charge on any atom is 0.323 e. The number of nitrogens with zero attached hydrogens (tertiary/aromatic N) is 2. The van der Waals surface area contributed by atoms with Gasteiger partial charge in [-0.3, -0.25) is 0 Å². The van der Waals surface area contributed by atoms with Crippen molar-refractivity contribution in [1.29, 1.82) is 0 Å². The largest absolute Gasteiger partial charge is 1.00 e. The Bertz CT molecular complexity index is 815. The summed E-state index contributed by atoms with van der Waals surface area (Å²) in [6.07, 6.45) is 2.24. The maximum atomic E-state index is 5.55. The van der Waals surface area contributed by atoms with Crippen molar-refractivity contribution in [1.82, 2.24) is 4.57 Å². The molecule has 0 radical (unpaired) electrons. The number of para-hydroxylation sites is 1. The Kier molecular flexibility index (Phi) is 5.31. The molecule has 4 rings (SSSR count). The summed E-state index contributed by atoms with van der Waals surface area (Å²) in [5, 5.41) is 1.31. The number of hydrogen-bond donors (Lipinski definition) is 0. The summed E-state index contributed by atoms with van der Waals surface area (Å²) in [6.45, 7) is 3.76. The van der Waals surface area contributed by atoms with Crippen LogP contribution in [0.15, 0.2) is 66.0 Å². The number of fused-ring (bicyclic) bond motifs is 1. The predicted molar refractivity (Wildman–Crippen MR) is 93.3 cm³/mol. The molecule has 24 heavy (non-hydrogen) atoms. The smallest absolute Gasteiger partial charge is 0.323 e. The molecule has 2 heterocycles. The lowest BCUT2D eigenvalue weighted by Gasteiger charge is -2.03. The minimum Gasteiger partial charge on any atom is -1.00 e. The zero-order valence-electron chi connectivity index (χ0n) is 13.5. The van der Waals surface area contributed by atoms with E-state index in [-0.39, 0.29) is 17.0 Å². The molecule has 1 aliphatic rings. The molecule has 0 atom stereocenters. The van der Waals surface area contributed by atoms with Gasteiger partial charge in [0, 0.05) is 11.3 Å². The monoisotopic (exact) mass is 402 g/mol. The fourth-order valence-corrected chi connectivity index (χ4v) is 4.06. The number of benzene rings is 2. The molecule has 0 spiro atoms. The van der Waals surface area contributed by atoms with Gasteiger partial charge in [0.1, 0.15) is 24.2 Å². The lowest BCUT2D eigenvalue weighted by Crippen LogP contribution is -3.00. The van der Waals surface area contributed by atoms with E-state index in [9.17, 15) is 0 Å². The lowest BCUT2D eigenvalue weighted by atomic mass is 10.1. The normalized spacial score (nSPS) is 12.5. The third kappa shape index (κ3) is 3.10. The summed E-state index contributed by atoms with van der Waals surface area (Å²) in [4.78, 5) is 0. The number of ether oxygens (including phenoxy) is 1. The van der Waals surface area contributed by atoms with E-state index in [1.54, 1.807) is 0 Å². The Morgan fingerprint density at radius 2 is 1.83 bits per heavy atom. The molecule has 3 aromatic rings. The van der Waals surface area contributed by atoms with Gasteiger partial charge in [-0.05, 0) is 55.1 Å². The number of thioether (sulfide) groups is 1. The van der Waals surface area contributed by atoms with E-state index in [1.807, 2.05) is 30.8 Å². The molecule has 0 N–H and O–H groups in total. The molecule has 1 aliphatic heterocycles. The molecule has 1 aromatic heterocycles. The Balaban J connectivity index is 0.00000169. The van der Waals surface area contributed by atoms with Gasteiger partial charge in [-0.2, -0.15) is 4.57 Å². The minimum absolute atomic E-state index is 0. The fourth-order valence-electron chi connectivity index (χ4n) is 2.96. The highest BCUT2D eigenvalue weighted by molar-refractivity contribution is 7.99. The van der Waals surface area contributed by atoms with Crippen molar-refractivity contribution in [2.24, 2.45) is 0 Å². The standard InChI is InChI=1S/C19H19N2OS.BrH/c1-2-22-17-10-8-15(9-11-17)18-14-21(16-6-4-3-5-7-16)19-20(18)12-13-23-19;/h3-11,14H,2,12-13H2,1H3;1H/q+1;/p-1. The first kappa shape index (κ1) is 17.1. The second kappa shape index (κ2) is 7.45. The minimum atomic E-state index is 0. The molecule has 0 saturated carbocycles. The fraction of sp³-hybridized carbons (Fsp3) is 0.211. The van der Waals surface area contributed by atoms with Gasteiger partial charge in [0.25, 0.3) is 0 Å². The highest BCUT2D eigenvalue weighted by Gasteiger charge is 2.30. The van der Waals surface area contributed by atoms with Gasteiger partial charge in [-0.15, -0.1) is 0 Å². The SMILES string of the molecule is CCOc1ccc(-c2cn(-c3ccccc3)c3[n+]2CCS3)cc1.[Br-]. The average Bonchev–Trinajstić information content (AvgIpc) is 3.19. The van der Waals surface area contributed by atoms with Crippen LogP contribution in [0.5, 0.6) is 5.75 Å². The van der Waals surface area contributed by atoms with Crippen molar-refractivity contribution in [3.05, 3.63) is 60.8 Å². The molecule has 0 unspecified atom stereocenters. The van der Waals surface area contributed by atoms with Crippen molar-refractivity contribution in [3.63, 3.8) is 0 Å². The summed E-state index contributed by atoms with van der Waals surface area (Å²) in [7, 11) is 0. The number of aromatic nitrogens is 2. The molecular weight excluding hydrogens is 384 g/mol. The van der Waals surface area contributed by atoms with Crippen LogP contribution in [0, 0.1) is 0 Å². The van der Waals surface area contributed by atoms with Crippen molar-refractivity contribution in [2.75, 3.05) is 12.4 Å². The Morgan fingerprint density at radius 3 is 2.54 bits per heavy atom. The summed E-state index contributed by atoms with van der Waals surface area (Å²) in [6, 6.07) is 18.9. The predicted octanol–water partition coefficient (Wildman–Crippen LogP) is 0.940. The van der Waals surface area contributed by atoms with Crippen LogP contribution in [0.3, 0.4) is 0 Å². The van der Waals surface area contributed by atoms with Crippen molar-refractivity contribution >= 4 is 11.8 Å². The Morgan fingerprint density at radius 1 is 1.08 bits per heavy atom. The van der Waals surface area contributed by atoms with Gasteiger partial charge in [0.05, 0.1) is 6.61 Å². The summed E-state index contributed by atoms with van der Waals surface area (Å²) >= 11 is 1.92. The van der Waals surface area contributed by atoms with Crippen LogP contribution in [-0.2, 0) is 6.54 Å². The number of imidazole rings is 1. The lowest BCUT2D eigenvalue weighted by molar-refractivity contribution is -0.713. The molecule has 3 nitrogen and oxygen atoms in total. The van der Waals surface area contributed by atoms with Crippen LogP contribution < -0.4 is 26.3 Å². The van der Waals surface area contributed by atoms with Crippen molar-refractivity contribution < 1.29 is 26.3 Å². The topological polar surface area (TPSA) is 18.0 Å². The molecular formula is C19H19BrN2OS. The first-order valence-corrected chi connectivity index (χ1v) is 8.92. The number of halogens is 1. The number of hydrogen-bond acceptors (Lipinski definition) is 2. The van der Waals surface area contributed by atoms with Crippen molar-refractivity contribution in [3.8, 4) is 22.7 Å². The zero-order chi connectivity index (χ0) is 15.6. The quantitative estimate of drug-likeness (QED) is 0.604. The number of rotatable bonds is 4. The average molecular weight is 403 g/mol. The molecule has 124 valence electrons. The van der Waals surface area contributed by atoms with E-state index in [0.717, 1.165) is 18.0 Å². The van der Waals surface area contributed by atoms with E-state index >= 15 is 0 Å². The maximum absolute atomic E-state index is 5.55. The molecule has 0 saturated heterocycles. The van der Waals surface area contributed by atoms with Crippen LogP contribution in [-0.4, -0.2) is 16.9 Å². The second-order valence-corrected chi connectivity index (χ2v) is 6.52. The highest BCUT2D eigenvalue weighted by Crippen LogP contribution is 2.30. The molecule has 0 fully saturated rings. The molecule has 2 aromatic carbocycles. The molecule has 0 bridgehead atoms. The zero-order valence-corrected chi connectivity index (χ0v) is 15.9. The van der Waals surface area contributed by atoms with Crippen LogP contribution in [0.4, 0.5) is 0 Å². The van der Waals surface area contributed by atoms with Crippen LogP contribution in [0.2, 0.25) is 0 Å². The van der Waals surface area contributed by atoms with E-state index in [1.165, 1.54) is 22.1 Å². The van der Waals surface area contributed by atoms with E-state index in [4.69, 9.17) is 4.74 Å². The van der Waals surface area contributed by atoms with E-state index in [0.29, 0.717) is 6.61 Å². The highest BCUT2D eigenvalue weighted by atomic mass is 79.9. The van der Waals surface area contributed by atoms with Gasteiger partial charge >= 0.3 is 5.16 Å². The van der Waals surface area contributed by atoms with Crippen LogP contribution in [0.1, 0.15) is 6.92 Å². The molecule has 5 heteroatoms. The third-order valence-electron chi connectivity index (χ3n) is 4.02. The van der Waals surface area contributed by atoms with Crippen molar-refractivity contribution in [2.45, 2.75) is 18.6 Å². The van der Waals surface area contributed by atoms with E-state index in [2.05, 4.69) is 57.8 Å². The Hall–Kier alpha value is -1.72. The molecule has 0 amide bonds. The molecule has 0 aliphatic carbocycles. The van der Waals surface area contributed by atoms with Gasteiger partial charge in [-0.25, -0.2) is 4.57 Å². The van der Waals surface area contributed by atoms with Gasteiger partial charge in [0.15, 0.2) is 5.69 Å².